The predicted octanol–water partition coefficient (Wildman–Crippen LogP) is 1.98. The number of anilines is 1. The van der Waals surface area contributed by atoms with Gasteiger partial charge in [0.05, 0.1) is 17.2 Å². The number of para-hydroxylation sites is 2. The third-order valence-corrected chi connectivity index (χ3v) is 3.19. The average molecular weight is 241 g/mol. The molecule has 0 saturated carbocycles. The van der Waals surface area contributed by atoms with Gasteiger partial charge in [-0.15, -0.1) is 0 Å². The number of aliphatic hydroxyl groups excluding tert-OH is 1. The lowest BCUT2D eigenvalue weighted by Gasteiger charge is -2.13. The minimum absolute atomic E-state index is 0.206. The van der Waals surface area contributed by atoms with Crippen molar-refractivity contribution in [1.29, 1.82) is 0 Å². The molecule has 0 spiro atoms. The molecule has 1 heterocycles. The van der Waals surface area contributed by atoms with Gasteiger partial charge in [-0.2, -0.15) is 0 Å². The first-order valence-corrected chi connectivity index (χ1v) is 6.12. The summed E-state index contributed by atoms with van der Waals surface area (Å²) in [5.74, 6) is 1.04. The maximum absolute atomic E-state index is 9.08. The Balaban J connectivity index is 1.77. The Labute approximate surface area is 105 Å². The number of rotatable bonds is 3. The first-order chi connectivity index (χ1) is 8.85. The summed E-state index contributed by atoms with van der Waals surface area (Å²) < 4.78 is 0. The molecule has 1 aliphatic carbocycles. The topological polar surface area (TPSA) is 58.0 Å². The van der Waals surface area contributed by atoms with Gasteiger partial charge < -0.3 is 10.4 Å². The van der Waals surface area contributed by atoms with Crippen molar-refractivity contribution < 1.29 is 5.11 Å². The number of nitrogens with zero attached hydrogens (tertiary/aromatic N) is 2. The van der Waals surface area contributed by atoms with Gasteiger partial charge in [0.2, 0.25) is 0 Å². The van der Waals surface area contributed by atoms with E-state index in [2.05, 4.69) is 21.4 Å². The van der Waals surface area contributed by atoms with Crippen LogP contribution in [0.15, 0.2) is 42.6 Å². The van der Waals surface area contributed by atoms with Crippen LogP contribution < -0.4 is 5.32 Å². The Bertz CT molecular complexity index is 582. The molecule has 4 nitrogen and oxygen atoms in total. The first kappa shape index (κ1) is 11.2. The summed E-state index contributed by atoms with van der Waals surface area (Å²) in [7, 11) is 0. The molecule has 2 aromatic rings. The molecule has 0 radical (unpaired) electrons. The van der Waals surface area contributed by atoms with Gasteiger partial charge in [-0.05, 0) is 18.6 Å². The summed E-state index contributed by atoms with van der Waals surface area (Å²) in [5, 5.41) is 12.4. The van der Waals surface area contributed by atoms with Crippen LogP contribution in [0.25, 0.3) is 11.0 Å². The normalized spacial score (nSPS) is 22.5. The third kappa shape index (κ3) is 2.19. The molecule has 1 aromatic heterocycles. The van der Waals surface area contributed by atoms with E-state index < -0.39 is 0 Å². The van der Waals surface area contributed by atoms with Gasteiger partial charge in [-0.1, -0.05) is 24.3 Å². The van der Waals surface area contributed by atoms with E-state index in [-0.39, 0.29) is 18.6 Å². The molecule has 92 valence electrons. The van der Waals surface area contributed by atoms with E-state index in [1.807, 2.05) is 30.3 Å². The highest BCUT2D eigenvalue weighted by molar-refractivity contribution is 5.75. The molecule has 2 N–H and O–H groups in total. The van der Waals surface area contributed by atoms with Gasteiger partial charge in [0.25, 0.3) is 0 Å². The second-order valence-corrected chi connectivity index (χ2v) is 4.56. The van der Waals surface area contributed by atoms with E-state index >= 15 is 0 Å². The number of hydrogen-bond acceptors (Lipinski definition) is 4. The standard InChI is InChI=1S/C14H15N3O/c18-9-10-5-6-11(7-10)16-14-8-15-12-3-1-2-4-13(12)17-14/h1-6,8,10-11,18H,7,9H2,(H,16,17)/t10-,11+/m0/s1. The van der Waals surface area contributed by atoms with Crippen LogP contribution in [0.4, 0.5) is 5.82 Å². The van der Waals surface area contributed by atoms with Gasteiger partial charge in [0, 0.05) is 18.6 Å². The summed E-state index contributed by atoms with van der Waals surface area (Å²) in [6.45, 7) is 0.206. The Morgan fingerprint density at radius 3 is 2.83 bits per heavy atom. The van der Waals surface area contributed by atoms with Gasteiger partial charge in [0.15, 0.2) is 0 Å². The summed E-state index contributed by atoms with van der Waals surface area (Å²) >= 11 is 0. The quantitative estimate of drug-likeness (QED) is 0.807. The number of benzene rings is 1. The molecule has 2 atom stereocenters. The second-order valence-electron chi connectivity index (χ2n) is 4.56. The van der Waals surface area contributed by atoms with Gasteiger partial charge >= 0.3 is 0 Å². The smallest absolute Gasteiger partial charge is 0.145 e. The van der Waals surface area contributed by atoms with Crippen molar-refractivity contribution in [1.82, 2.24) is 9.97 Å². The maximum atomic E-state index is 9.08. The SMILES string of the molecule is OC[C@H]1C=C[C@@H](Nc2cnc3ccccc3n2)C1. The van der Waals surface area contributed by atoms with E-state index in [1.54, 1.807) is 6.20 Å². The zero-order chi connectivity index (χ0) is 12.4. The minimum atomic E-state index is 0.206. The molecule has 3 rings (SSSR count). The first-order valence-electron chi connectivity index (χ1n) is 6.12. The highest BCUT2D eigenvalue weighted by atomic mass is 16.3. The number of nitrogens with one attached hydrogen (secondary N) is 1. The molecule has 0 unspecified atom stereocenters. The molecule has 0 amide bonds. The molecule has 0 fully saturated rings. The average Bonchev–Trinajstić information content (AvgIpc) is 2.86. The number of hydrogen-bond donors (Lipinski definition) is 2. The lowest BCUT2D eigenvalue weighted by molar-refractivity contribution is 0.250. The zero-order valence-corrected chi connectivity index (χ0v) is 9.95. The molecule has 0 bridgehead atoms. The molecular weight excluding hydrogens is 226 g/mol. The monoisotopic (exact) mass is 241 g/mol. The van der Waals surface area contributed by atoms with Crippen LogP contribution in [0, 0.1) is 5.92 Å². The van der Waals surface area contributed by atoms with Crippen LogP contribution in [0.3, 0.4) is 0 Å². The fraction of sp³-hybridized carbons (Fsp3) is 0.286. The fourth-order valence-electron chi connectivity index (χ4n) is 2.23. The Kier molecular flexibility index (Phi) is 2.94. The third-order valence-electron chi connectivity index (χ3n) is 3.19. The van der Waals surface area contributed by atoms with Crippen molar-refractivity contribution in [2.75, 3.05) is 11.9 Å². The van der Waals surface area contributed by atoms with Crippen molar-refractivity contribution in [2.24, 2.45) is 5.92 Å². The van der Waals surface area contributed by atoms with E-state index in [9.17, 15) is 0 Å². The van der Waals surface area contributed by atoms with Crippen molar-refractivity contribution >= 4 is 16.9 Å². The fourth-order valence-corrected chi connectivity index (χ4v) is 2.23. The van der Waals surface area contributed by atoms with E-state index in [1.165, 1.54) is 0 Å². The van der Waals surface area contributed by atoms with Crippen molar-refractivity contribution in [3.63, 3.8) is 0 Å². The predicted molar refractivity (Wildman–Crippen MR) is 71.3 cm³/mol. The van der Waals surface area contributed by atoms with Crippen LogP contribution in [0.1, 0.15) is 6.42 Å². The second kappa shape index (κ2) is 4.74. The molecule has 0 aliphatic heterocycles. The summed E-state index contributed by atoms with van der Waals surface area (Å²) in [5.41, 5.74) is 1.79. The molecular formula is C14H15N3O. The maximum Gasteiger partial charge on any atom is 0.145 e. The van der Waals surface area contributed by atoms with Crippen molar-refractivity contribution in [3.05, 3.63) is 42.6 Å². The van der Waals surface area contributed by atoms with Gasteiger partial charge in [-0.3, -0.25) is 4.98 Å². The molecule has 4 heteroatoms. The summed E-state index contributed by atoms with van der Waals surface area (Å²) in [6, 6.07) is 8.05. The van der Waals surface area contributed by atoms with Crippen LogP contribution in [0.2, 0.25) is 0 Å². The molecule has 18 heavy (non-hydrogen) atoms. The van der Waals surface area contributed by atoms with Gasteiger partial charge in [0.1, 0.15) is 5.82 Å². The number of aliphatic hydroxyl groups is 1. The largest absolute Gasteiger partial charge is 0.396 e. The van der Waals surface area contributed by atoms with Crippen LogP contribution in [-0.2, 0) is 0 Å². The van der Waals surface area contributed by atoms with Crippen LogP contribution in [0.5, 0.6) is 0 Å². The van der Waals surface area contributed by atoms with Crippen LogP contribution >= 0.6 is 0 Å². The van der Waals surface area contributed by atoms with Gasteiger partial charge in [-0.25, -0.2) is 4.98 Å². The Hall–Kier alpha value is -1.94. The highest BCUT2D eigenvalue weighted by Gasteiger charge is 2.18. The van der Waals surface area contributed by atoms with Crippen molar-refractivity contribution in [3.8, 4) is 0 Å². The summed E-state index contributed by atoms with van der Waals surface area (Å²) in [4.78, 5) is 8.88. The Morgan fingerprint density at radius 2 is 2.06 bits per heavy atom. The summed E-state index contributed by atoms with van der Waals surface area (Å²) in [6.07, 6.45) is 6.79. The Morgan fingerprint density at radius 1 is 1.22 bits per heavy atom. The zero-order valence-electron chi connectivity index (χ0n) is 9.95. The highest BCUT2D eigenvalue weighted by Crippen LogP contribution is 2.20. The number of aromatic nitrogens is 2. The lowest BCUT2D eigenvalue weighted by atomic mass is 10.1. The van der Waals surface area contributed by atoms with Crippen molar-refractivity contribution in [2.45, 2.75) is 12.5 Å². The van der Waals surface area contributed by atoms with Crippen LogP contribution in [-0.4, -0.2) is 27.7 Å². The molecule has 1 aromatic carbocycles. The molecule has 0 saturated heterocycles. The van der Waals surface area contributed by atoms with E-state index in [0.29, 0.717) is 0 Å². The lowest BCUT2D eigenvalue weighted by Crippen LogP contribution is -2.17. The number of fused-ring (bicyclic) bond motifs is 1. The molecule has 1 aliphatic rings. The van der Waals surface area contributed by atoms with E-state index in [0.717, 1.165) is 23.3 Å². The van der Waals surface area contributed by atoms with E-state index in [4.69, 9.17) is 5.11 Å². The minimum Gasteiger partial charge on any atom is -0.396 e.